The van der Waals surface area contributed by atoms with E-state index in [0.29, 0.717) is 39.5 Å². The van der Waals surface area contributed by atoms with Gasteiger partial charge in [-0.15, -0.1) is 11.3 Å². The molecule has 2 atom stereocenters. The molecule has 10 nitrogen and oxygen atoms in total. The molecule has 2 aliphatic heterocycles. The Labute approximate surface area is 266 Å². The van der Waals surface area contributed by atoms with E-state index in [9.17, 15) is 22.4 Å². The van der Waals surface area contributed by atoms with Crippen LogP contribution in [0.4, 0.5) is 4.39 Å². The summed E-state index contributed by atoms with van der Waals surface area (Å²) < 4.78 is 48.0. The van der Waals surface area contributed by atoms with Crippen LogP contribution in [-0.2, 0) is 24.3 Å². The van der Waals surface area contributed by atoms with E-state index in [2.05, 4.69) is 31.0 Å². The van der Waals surface area contributed by atoms with Gasteiger partial charge in [0.1, 0.15) is 11.9 Å². The fraction of sp³-hybridized carbons (Fsp3) is 0.333. The number of nitrogens with zero attached hydrogens (tertiary/aromatic N) is 3. The Morgan fingerprint density at radius 2 is 1.98 bits per heavy atom. The molecule has 1 spiro atoms. The lowest BCUT2D eigenvalue weighted by molar-refractivity contribution is -0.136. The number of amides is 1. The van der Waals surface area contributed by atoms with Gasteiger partial charge in [0.25, 0.3) is 15.9 Å². The van der Waals surface area contributed by atoms with Gasteiger partial charge < -0.3 is 10.1 Å². The van der Waals surface area contributed by atoms with Crippen molar-refractivity contribution in [2.24, 2.45) is 10.4 Å². The minimum Gasteiger partial charge on any atom is -0.466 e. The van der Waals surface area contributed by atoms with Gasteiger partial charge in [-0.1, -0.05) is 40.2 Å². The number of amidine groups is 1. The van der Waals surface area contributed by atoms with Crippen molar-refractivity contribution < 1.29 is 27.1 Å². The fourth-order valence-corrected chi connectivity index (χ4v) is 8.11. The number of hydrogen-bond acceptors (Lipinski definition) is 10. The molecule has 3 heterocycles. The molecule has 14 heteroatoms. The lowest BCUT2D eigenvalue weighted by Crippen LogP contribution is -2.48. The minimum absolute atomic E-state index is 0.00373. The number of aryl methyl sites for hydroxylation is 1. The second-order valence-electron chi connectivity index (χ2n) is 11.3. The monoisotopic (exact) mass is 701 g/mol. The Balaban J connectivity index is 1.38. The number of esters is 1. The van der Waals surface area contributed by atoms with Crippen LogP contribution >= 0.6 is 27.3 Å². The molecular formula is C30H29BrFN5O5S2. The number of benzene rings is 2. The van der Waals surface area contributed by atoms with E-state index >= 15 is 0 Å². The van der Waals surface area contributed by atoms with Crippen molar-refractivity contribution in [3.63, 3.8) is 0 Å². The third-order valence-corrected chi connectivity index (χ3v) is 11.1. The average molecular weight is 703 g/mol. The van der Waals surface area contributed by atoms with Crippen molar-refractivity contribution in [2.45, 2.75) is 43.2 Å². The van der Waals surface area contributed by atoms with Crippen molar-refractivity contribution in [2.75, 3.05) is 20.2 Å². The van der Waals surface area contributed by atoms with Crippen LogP contribution in [0.25, 0.3) is 0 Å². The van der Waals surface area contributed by atoms with Crippen molar-refractivity contribution in [1.29, 1.82) is 0 Å². The molecule has 1 aliphatic carbocycles. The first kappa shape index (κ1) is 30.6. The lowest BCUT2D eigenvalue weighted by atomic mass is 9.95. The molecule has 44 heavy (non-hydrogen) atoms. The number of hydrogen-bond donors (Lipinski definition) is 2. The maximum atomic E-state index is 14.1. The van der Waals surface area contributed by atoms with E-state index in [1.807, 2.05) is 17.2 Å². The molecule has 2 fully saturated rings. The van der Waals surface area contributed by atoms with Gasteiger partial charge in [0.05, 0.1) is 23.6 Å². The number of methoxy groups -OCH3 is 1. The molecule has 230 valence electrons. The number of halogens is 2. The van der Waals surface area contributed by atoms with Gasteiger partial charge in [-0.25, -0.2) is 27.3 Å². The SMILES string of the molecule is COC(=O)C1=C(CN2CC3(CC3)C[C@H]2C(=O)NS(=O)(=O)c2ccccc2)NC(c2nc(C)cs2)=N[C@H]1c1ccc(F)cc1Br. The predicted octanol–water partition coefficient (Wildman–Crippen LogP) is 4.23. The normalized spacial score (nSPS) is 21.1. The highest BCUT2D eigenvalue weighted by atomic mass is 79.9. The molecule has 3 aromatic rings. The number of rotatable bonds is 8. The smallest absolute Gasteiger partial charge is 0.338 e. The first-order valence-electron chi connectivity index (χ1n) is 13.9. The summed E-state index contributed by atoms with van der Waals surface area (Å²) in [6.07, 6.45) is 2.33. The summed E-state index contributed by atoms with van der Waals surface area (Å²) in [6.45, 7) is 2.51. The summed E-state index contributed by atoms with van der Waals surface area (Å²) in [7, 11) is -2.81. The topological polar surface area (TPSA) is 130 Å². The zero-order valence-electron chi connectivity index (χ0n) is 23.8. The molecule has 2 N–H and O–H groups in total. The summed E-state index contributed by atoms with van der Waals surface area (Å²) >= 11 is 4.81. The van der Waals surface area contributed by atoms with E-state index < -0.39 is 39.8 Å². The Morgan fingerprint density at radius 1 is 1.23 bits per heavy atom. The Kier molecular flexibility index (Phi) is 8.20. The molecular weight excluding hydrogens is 673 g/mol. The van der Waals surface area contributed by atoms with E-state index in [0.717, 1.165) is 18.5 Å². The van der Waals surface area contributed by atoms with Crippen LogP contribution in [0.15, 0.2) is 79.5 Å². The summed E-state index contributed by atoms with van der Waals surface area (Å²) in [5, 5.41) is 5.76. The highest BCUT2D eigenvalue weighted by Gasteiger charge is 2.54. The molecule has 6 rings (SSSR count). The second kappa shape index (κ2) is 11.8. The molecule has 3 aliphatic rings. The second-order valence-corrected chi connectivity index (χ2v) is 14.7. The third kappa shape index (κ3) is 6.08. The standard InChI is InChI=1S/C30H29BrFN5O5S2/c1-17-15-43-28(33-17)26-34-22(24(29(39)42-2)25(35-26)20-9-8-18(32)12-21(20)31)14-37-16-30(10-11-30)13-23(37)27(38)36-44(40,41)19-6-4-3-5-7-19/h3-9,12,15,23,25H,10-11,13-14,16H2,1-2H3,(H,34,35)(H,36,38)/t23-,25-/m0/s1. The predicted molar refractivity (Wildman–Crippen MR) is 166 cm³/mol. The molecule has 0 unspecified atom stereocenters. The third-order valence-electron chi connectivity index (χ3n) is 8.13. The van der Waals surface area contributed by atoms with Crippen LogP contribution in [0.1, 0.15) is 41.6 Å². The molecule has 2 aromatic carbocycles. The van der Waals surface area contributed by atoms with Gasteiger partial charge in [-0.05, 0) is 61.4 Å². The minimum atomic E-state index is -4.08. The quantitative estimate of drug-likeness (QED) is 0.334. The van der Waals surface area contributed by atoms with Crippen molar-refractivity contribution in [3.05, 3.63) is 91.7 Å². The summed E-state index contributed by atoms with van der Waals surface area (Å²) in [5.41, 5.74) is 1.88. The summed E-state index contributed by atoms with van der Waals surface area (Å²) in [5.74, 6) is -1.31. The number of aliphatic imine (C=N–C) groups is 1. The summed E-state index contributed by atoms with van der Waals surface area (Å²) in [6, 6.07) is 10.3. The molecule has 1 saturated carbocycles. The van der Waals surface area contributed by atoms with Crippen molar-refractivity contribution in [3.8, 4) is 0 Å². The number of thiazole rings is 1. The average Bonchev–Trinajstić information content (AvgIpc) is 3.44. The van der Waals surface area contributed by atoms with E-state index in [-0.39, 0.29) is 22.4 Å². The number of ether oxygens (including phenoxy) is 1. The molecule has 1 amide bonds. The van der Waals surface area contributed by atoms with Crippen LogP contribution in [0, 0.1) is 18.2 Å². The van der Waals surface area contributed by atoms with Gasteiger partial charge in [-0.3, -0.25) is 14.7 Å². The van der Waals surface area contributed by atoms with Gasteiger partial charge in [-0.2, -0.15) is 0 Å². The van der Waals surface area contributed by atoms with Crippen LogP contribution in [0.5, 0.6) is 0 Å². The number of carbonyl (C=O) groups is 2. The summed E-state index contributed by atoms with van der Waals surface area (Å²) in [4.78, 5) is 38.3. The number of nitrogens with one attached hydrogen (secondary N) is 2. The number of aromatic nitrogens is 1. The van der Waals surface area contributed by atoms with E-state index in [1.54, 1.807) is 24.3 Å². The maximum Gasteiger partial charge on any atom is 0.338 e. The van der Waals surface area contributed by atoms with Gasteiger partial charge in [0, 0.05) is 34.3 Å². The highest BCUT2D eigenvalue weighted by molar-refractivity contribution is 9.10. The molecule has 0 radical (unpaired) electrons. The van der Waals surface area contributed by atoms with Crippen molar-refractivity contribution in [1.82, 2.24) is 19.9 Å². The Bertz CT molecular complexity index is 1810. The van der Waals surface area contributed by atoms with Crippen LogP contribution < -0.4 is 10.0 Å². The van der Waals surface area contributed by atoms with E-state index in [1.165, 1.54) is 42.7 Å². The lowest BCUT2D eigenvalue weighted by Gasteiger charge is -2.31. The largest absolute Gasteiger partial charge is 0.466 e. The maximum absolute atomic E-state index is 14.1. The highest BCUT2D eigenvalue weighted by Crippen LogP contribution is 2.55. The Hall–Kier alpha value is -3.46. The first-order chi connectivity index (χ1) is 21.0. The van der Waals surface area contributed by atoms with E-state index in [4.69, 9.17) is 9.73 Å². The van der Waals surface area contributed by atoms with Gasteiger partial charge in [0.2, 0.25) is 0 Å². The Morgan fingerprint density at radius 3 is 2.61 bits per heavy atom. The van der Waals surface area contributed by atoms with Crippen molar-refractivity contribution >= 4 is 55.0 Å². The van der Waals surface area contributed by atoms with Crippen LogP contribution in [0.3, 0.4) is 0 Å². The molecule has 0 bridgehead atoms. The molecule has 1 saturated heterocycles. The zero-order valence-corrected chi connectivity index (χ0v) is 27.1. The fourth-order valence-electron chi connectivity index (χ4n) is 5.76. The van der Waals surface area contributed by atoms with Gasteiger partial charge in [0.15, 0.2) is 10.8 Å². The number of likely N-dealkylation sites (tertiary alicyclic amines) is 1. The number of carbonyl (C=O) groups excluding carboxylic acids is 2. The molecule has 1 aromatic heterocycles. The van der Waals surface area contributed by atoms with Gasteiger partial charge >= 0.3 is 5.97 Å². The van der Waals surface area contributed by atoms with Crippen LogP contribution in [0.2, 0.25) is 0 Å². The first-order valence-corrected chi connectivity index (χ1v) is 17.0. The number of sulfonamides is 1. The van der Waals surface area contributed by atoms with Crippen LogP contribution in [-0.4, -0.2) is 62.3 Å². The zero-order chi connectivity index (χ0) is 31.2.